The van der Waals surface area contributed by atoms with Gasteiger partial charge in [0.1, 0.15) is 0 Å². The van der Waals surface area contributed by atoms with Gasteiger partial charge in [-0.25, -0.2) is 0 Å². The monoisotopic (exact) mass is 373 g/mol. The molecule has 4 nitrogen and oxygen atoms in total. The number of carbonyl (C=O) groups excluding carboxylic acids is 1. The van der Waals surface area contributed by atoms with Crippen LogP contribution in [0.25, 0.3) is 21.2 Å². The molecule has 2 heterocycles. The van der Waals surface area contributed by atoms with Crippen LogP contribution in [0.15, 0.2) is 60.0 Å². The number of fused-ring (bicyclic) bond motifs is 1. The highest BCUT2D eigenvalue weighted by atomic mass is 32.1. The molecule has 1 amide bonds. The molecule has 1 aliphatic carbocycles. The minimum atomic E-state index is -0.0439. The highest BCUT2D eigenvalue weighted by Crippen LogP contribution is 2.39. The smallest absolute Gasteiger partial charge is 0.229 e. The van der Waals surface area contributed by atoms with Crippen molar-refractivity contribution in [2.75, 3.05) is 5.32 Å². The van der Waals surface area contributed by atoms with Crippen molar-refractivity contribution in [3.63, 3.8) is 0 Å². The van der Waals surface area contributed by atoms with Gasteiger partial charge in [0.05, 0.1) is 6.42 Å². The summed E-state index contributed by atoms with van der Waals surface area (Å²) >= 11 is 1.76. The average molecular weight is 373 g/mol. The van der Waals surface area contributed by atoms with E-state index in [4.69, 9.17) is 0 Å². The molecule has 2 aromatic heterocycles. The highest BCUT2D eigenvalue weighted by Gasteiger charge is 2.25. The number of nitrogens with zero attached hydrogens (tertiary/aromatic N) is 1. The summed E-state index contributed by atoms with van der Waals surface area (Å²) in [6, 6.07) is 18.6. The summed E-state index contributed by atoms with van der Waals surface area (Å²) in [5.41, 5.74) is 4.54. The molecule has 27 heavy (non-hydrogen) atoms. The average Bonchev–Trinajstić information content (AvgIpc) is 3.28. The Labute approximate surface area is 161 Å². The summed E-state index contributed by atoms with van der Waals surface area (Å²) in [7, 11) is 0. The normalized spacial score (nSPS) is 13.8. The fraction of sp³-hybridized carbons (Fsp3) is 0.182. The highest BCUT2D eigenvalue weighted by molar-refractivity contribution is 7.17. The summed E-state index contributed by atoms with van der Waals surface area (Å²) in [4.78, 5) is 12.3. The van der Waals surface area contributed by atoms with Crippen molar-refractivity contribution < 1.29 is 4.79 Å². The summed E-state index contributed by atoms with van der Waals surface area (Å²) < 4.78 is 1.29. The topological polar surface area (TPSA) is 57.8 Å². The van der Waals surface area contributed by atoms with E-state index in [2.05, 4.69) is 57.3 Å². The third-order valence-electron chi connectivity index (χ3n) is 4.99. The first-order valence-corrected chi connectivity index (χ1v) is 10.0. The van der Waals surface area contributed by atoms with Crippen LogP contribution in [0.2, 0.25) is 0 Å². The fourth-order valence-electron chi connectivity index (χ4n) is 3.38. The number of anilines is 1. The lowest BCUT2D eigenvalue weighted by molar-refractivity contribution is -0.115. The predicted octanol–water partition coefficient (Wildman–Crippen LogP) is 5.35. The second-order valence-corrected chi connectivity index (χ2v) is 7.96. The zero-order chi connectivity index (χ0) is 18.2. The summed E-state index contributed by atoms with van der Waals surface area (Å²) in [5.74, 6) is 1.17. The van der Waals surface area contributed by atoms with E-state index in [1.54, 1.807) is 11.3 Å². The van der Waals surface area contributed by atoms with E-state index < -0.39 is 0 Å². The van der Waals surface area contributed by atoms with E-state index >= 15 is 0 Å². The van der Waals surface area contributed by atoms with Gasteiger partial charge in [0, 0.05) is 33.3 Å². The van der Waals surface area contributed by atoms with Gasteiger partial charge in [-0.15, -0.1) is 11.3 Å². The van der Waals surface area contributed by atoms with Crippen LogP contribution in [0, 0.1) is 0 Å². The molecule has 4 aromatic rings. The van der Waals surface area contributed by atoms with Crippen LogP contribution >= 0.6 is 11.3 Å². The van der Waals surface area contributed by atoms with E-state index in [0.29, 0.717) is 18.2 Å². The Morgan fingerprint density at radius 2 is 1.96 bits per heavy atom. The van der Waals surface area contributed by atoms with E-state index in [1.165, 1.54) is 34.1 Å². The zero-order valence-electron chi connectivity index (χ0n) is 14.7. The number of thiophene rings is 1. The summed E-state index contributed by atoms with van der Waals surface area (Å²) in [6.45, 7) is 0. The number of carbonyl (C=O) groups is 1. The largest absolute Gasteiger partial charge is 0.309 e. The number of benzene rings is 2. The standard InChI is InChI=1S/C22H19N3OS/c26-22(23-21-12-19(24-25-21)16-9-10-16)11-14-5-7-15(8-6-14)18-13-27-20-4-2-1-3-17(18)20/h1-8,12-13,16H,9-11H2,(H2,23,24,25,26). The molecular weight excluding hydrogens is 354 g/mol. The van der Waals surface area contributed by atoms with Gasteiger partial charge in [0.15, 0.2) is 5.82 Å². The Balaban J connectivity index is 1.27. The van der Waals surface area contributed by atoms with E-state index in [-0.39, 0.29) is 5.91 Å². The van der Waals surface area contributed by atoms with Crippen molar-refractivity contribution in [3.05, 3.63) is 71.2 Å². The number of hydrogen-bond acceptors (Lipinski definition) is 3. The quantitative estimate of drug-likeness (QED) is 0.495. The van der Waals surface area contributed by atoms with Gasteiger partial charge < -0.3 is 5.32 Å². The second-order valence-electron chi connectivity index (χ2n) is 7.05. The maximum Gasteiger partial charge on any atom is 0.229 e. The van der Waals surface area contributed by atoms with Crippen LogP contribution < -0.4 is 5.32 Å². The summed E-state index contributed by atoms with van der Waals surface area (Å²) in [6.07, 6.45) is 2.76. The Hall–Kier alpha value is -2.92. The number of nitrogens with one attached hydrogen (secondary N) is 2. The van der Waals surface area contributed by atoms with Crippen LogP contribution in [0.5, 0.6) is 0 Å². The van der Waals surface area contributed by atoms with Crippen molar-refractivity contribution >= 4 is 33.1 Å². The van der Waals surface area contributed by atoms with Crippen molar-refractivity contribution in [3.8, 4) is 11.1 Å². The van der Waals surface area contributed by atoms with Crippen LogP contribution in [0.4, 0.5) is 5.82 Å². The number of amides is 1. The molecule has 0 atom stereocenters. The van der Waals surface area contributed by atoms with Gasteiger partial charge in [-0.1, -0.05) is 42.5 Å². The van der Waals surface area contributed by atoms with E-state index in [0.717, 1.165) is 11.3 Å². The Kier molecular flexibility index (Phi) is 4.02. The lowest BCUT2D eigenvalue weighted by atomic mass is 10.0. The first-order valence-electron chi connectivity index (χ1n) is 9.17. The number of H-pyrrole nitrogens is 1. The molecule has 1 saturated carbocycles. The molecule has 0 saturated heterocycles. The van der Waals surface area contributed by atoms with Gasteiger partial charge in [0.2, 0.25) is 5.91 Å². The molecular formula is C22H19N3OS. The molecule has 1 fully saturated rings. The fourth-order valence-corrected chi connectivity index (χ4v) is 4.35. The van der Waals surface area contributed by atoms with E-state index in [9.17, 15) is 4.79 Å². The lowest BCUT2D eigenvalue weighted by Crippen LogP contribution is -2.14. The summed E-state index contributed by atoms with van der Waals surface area (Å²) in [5, 5.41) is 13.5. The van der Waals surface area contributed by atoms with Crippen LogP contribution in [-0.4, -0.2) is 16.1 Å². The Morgan fingerprint density at radius 1 is 1.15 bits per heavy atom. The molecule has 0 radical (unpaired) electrons. The van der Waals surface area contributed by atoms with Gasteiger partial charge in [-0.05, 0) is 35.4 Å². The molecule has 2 N–H and O–H groups in total. The van der Waals surface area contributed by atoms with Gasteiger partial charge in [0.25, 0.3) is 0 Å². The third kappa shape index (κ3) is 3.38. The Bertz CT molecular complexity index is 1110. The third-order valence-corrected chi connectivity index (χ3v) is 5.96. The number of rotatable bonds is 5. The van der Waals surface area contributed by atoms with Crippen LogP contribution in [-0.2, 0) is 11.2 Å². The molecule has 0 aliphatic heterocycles. The molecule has 2 aromatic carbocycles. The van der Waals surface area contributed by atoms with Gasteiger partial charge in [-0.2, -0.15) is 5.10 Å². The van der Waals surface area contributed by atoms with Crippen molar-refractivity contribution in [2.24, 2.45) is 0 Å². The molecule has 1 aliphatic rings. The number of aromatic nitrogens is 2. The van der Waals surface area contributed by atoms with E-state index in [1.807, 2.05) is 18.2 Å². The maximum absolute atomic E-state index is 12.3. The second kappa shape index (κ2) is 6.67. The molecule has 5 heteroatoms. The van der Waals surface area contributed by atoms with Gasteiger partial charge in [-0.3, -0.25) is 9.89 Å². The maximum atomic E-state index is 12.3. The minimum absolute atomic E-state index is 0.0439. The zero-order valence-corrected chi connectivity index (χ0v) is 15.6. The lowest BCUT2D eigenvalue weighted by Gasteiger charge is -2.04. The van der Waals surface area contributed by atoms with Crippen molar-refractivity contribution in [2.45, 2.75) is 25.2 Å². The molecule has 0 spiro atoms. The molecule has 5 rings (SSSR count). The number of aromatic amines is 1. The number of hydrogen-bond donors (Lipinski definition) is 2. The first kappa shape index (κ1) is 16.3. The Morgan fingerprint density at radius 3 is 2.78 bits per heavy atom. The SMILES string of the molecule is O=C(Cc1ccc(-c2csc3ccccc23)cc1)Nc1cc(C2CC2)[nH]n1. The van der Waals surface area contributed by atoms with Gasteiger partial charge >= 0.3 is 0 Å². The van der Waals surface area contributed by atoms with Crippen LogP contribution in [0.3, 0.4) is 0 Å². The predicted molar refractivity (Wildman–Crippen MR) is 110 cm³/mol. The van der Waals surface area contributed by atoms with Crippen LogP contribution in [0.1, 0.15) is 30.0 Å². The molecule has 0 bridgehead atoms. The molecule has 134 valence electrons. The van der Waals surface area contributed by atoms with Crippen molar-refractivity contribution in [1.82, 2.24) is 10.2 Å². The van der Waals surface area contributed by atoms with Crippen molar-refractivity contribution in [1.29, 1.82) is 0 Å². The minimum Gasteiger partial charge on any atom is -0.309 e. The molecule has 0 unspecified atom stereocenters. The first-order chi connectivity index (χ1) is 13.3.